The number of rotatable bonds is 52. The zero-order chi connectivity index (χ0) is 46.8. The molecule has 0 aromatic rings. The van der Waals surface area contributed by atoms with Crippen molar-refractivity contribution >= 4 is 17.9 Å². The minimum Gasteiger partial charge on any atom is -0.462 e. The first-order valence-corrected chi connectivity index (χ1v) is 28.8. The van der Waals surface area contributed by atoms with Gasteiger partial charge in [-0.25, -0.2) is 0 Å². The van der Waals surface area contributed by atoms with Crippen LogP contribution < -0.4 is 0 Å². The molecule has 0 bridgehead atoms. The van der Waals surface area contributed by atoms with Gasteiger partial charge in [-0.15, -0.1) is 0 Å². The molecule has 0 aliphatic carbocycles. The second kappa shape index (κ2) is 50.8. The molecular weight excluding hydrogens is 793 g/mol. The molecule has 0 N–H and O–H groups in total. The largest absolute Gasteiger partial charge is 0.462 e. The average Bonchev–Trinajstić information content (AvgIpc) is 3.28. The number of carbonyl (C=O) groups is 3. The van der Waals surface area contributed by atoms with Crippen LogP contribution in [0.3, 0.4) is 0 Å². The summed E-state index contributed by atoms with van der Waals surface area (Å²) >= 11 is 0. The van der Waals surface area contributed by atoms with Crippen molar-refractivity contribution in [2.45, 2.75) is 330 Å². The van der Waals surface area contributed by atoms with Gasteiger partial charge < -0.3 is 14.2 Å². The van der Waals surface area contributed by atoms with Crippen molar-refractivity contribution in [1.29, 1.82) is 0 Å². The van der Waals surface area contributed by atoms with E-state index in [1.807, 2.05) is 0 Å². The third-order valence-corrected chi connectivity index (χ3v) is 13.6. The molecule has 2 atom stereocenters. The Morgan fingerprint density at radius 3 is 0.891 bits per heavy atom. The summed E-state index contributed by atoms with van der Waals surface area (Å²) in [4.78, 5) is 38.1. The number of hydrogen-bond acceptors (Lipinski definition) is 6. The molecule has 6 nitrogen and oxygen atoms in total. The van der Waals surface area contributed by atoms with E-state index in [4.69, 9.17) is 14.2 Å². The number of unbranched alkanes of at least 4 members (excludes halogenated alkanes) is 36. The molecule has 6 heteroatoms. The van der Waals surface area contributed by atoms with Crippen molar-refractivity contribution in [3.63, 3.8) is 0 Å². The first-order valence-electron chi connectivity index (χ1n) is 28.8. The summed E-state index contributed by atoms with van der Waals surface area (Å²) in [6, 6.07) is 0. The van der Waals surface area contributed by atoms with Gasteiger partial charge in [-0.3, -0.25) is 14.4 Å². The summed E-state index contributed by atoms with van der Waals surface area (Å²) in [6.45, 7) is 11.4. The average molecular weight is 906 g/mol. The fourth-order valence-electron chi connectivity index (χ4n) is 8.84. The maximum absolute atomic E-state index is 12.8. The van der Waals surface area contributed by atoms with E-state index >= 15 is 0 Å². The number of carbonyl (C=O) groups excluding carboxylic acids is 3. The molecule has 0 saturated heterocycles. The third-order valence-electron chi connectivity index (χ3n) is 13.6. The minimum atomic E-state index is -0.762. The third kappa shape index (κ3) is 49.8. The highest BCUT2D eigenvalue weighted by molar-refractivity contribution is 5.71. The summed E-state index contributed by atoms with van der Waals surface area (Å²) in [6.07, 6.45) is 53.7. The van der Waals surface area contributed by atoms with Gasteiger partial charge in [0.25, 0.3) is 0 Å². The van der Waals surface area contributed by atoms with Crippen molar-refractivity contribution in [2.75, 3.05) is 13.2 Å². The van der Waals surface area contributed by atoms with Crippen LogP contribution >= 0.6 is 0 Å². The monoisotopic (exact) mass is 905 g/mol. The molecule has 0 heterocycles. The lowest BCUT2D eigenvalue weighted by Crippen LogP contribution is -2.30. The van der Waals surface area contributed by atoms with E-state index in [0.29, 0.717) is 19.3 Å². The Bertz CT molecular complexity index is 980. The maximum Gasteiger partial charge on any atom is 0.306 e. The minimum absolute atomic E-state index is 0.0628. The van der Waals surface area contributed by atoms with Gasteiger partial charge in [0.1, 0.15) is 13.2 Å². The van der Waals surface area contributed by atoms with Crippen LogP contribution in [-0.4, -0.2) is 37.2 Å². The molecule has 0 aliphatic heterocycles. The lowest BCUT2D eigenvalue weighted by Gasteiger charge is -2.18. The topological polar surface area (TPSA) is 78.9 Å². The second-order valence-electron chi connectivity index (χ2n) is 20.6. The summed E-state index contributed by atoms with van der Waals surface area (Å²) in [5.41, 5.74) is 0. The van der Waals surface area contributed by atoms with Crippen LogP contribution in [0.4, 0.5) is 0 Å². The Balaban J connectivity index is 4.22. The highest BCUT2D eigenvalue weighted by Crippen LogP contribution is 2.18. The quantitative estimate of drug-likeness (QED) is 0.0344. The van der Waals surface area contributed by atoms with Crippen LogP contribution in [0.25, 0.3) is 0 Å². The van der Waals surface area contributed by atoms with Crippen molar-refractivity contribution in [2.24, 2.45) is 11.8 Å². The molecule has 0 rings (SSSR count). The lowest BCUT2D eigenvalue weighted by molar-refractivity contribution is -0.167. The summed E-state index contributed by atoms with van der Waals surface area (Å²) in [5, 5.41) is 0. The zero-order valence-corrected chi connectivity index (χ0v) is 43.9. The Morgan fingerprint density at radius 1 is 0.328 bits per heavy atom. The molecule has 0 radical (unpaired) electrons. The van der Waals surface area contributed by atoms with E-state index in [0.717, 1.165) is 69.6 Å². The van der Waals surface area contributed by atoms with Gasteiger partial charge in [-0.2, -0.15) is 0 Å². The molecule has 0 saturated carbocycles. The molecule has 0 spiro atoms. The number of esters is 3. The molecule has 0 amide bonds. The van der Waals surface area contributed by atoms with Gasteiger partial charge in [0, 0.05) is 19.3 Å². The molecule has 0 aromatic heterocycles. The van der Waals surface area contributed by atoms with Gasteiger partial charge in [0.2, 0.25) is 0 Å². The van der Waals surface area contributed by atoms with Crippen LogP contribution in [-0.2, 0) is 28.6 Å². The molecule has 0 aliphatic rings. The summed E-state index contributed by atoms with van der Waals surface area (Å²) in [5.74, 6) is 0.904. The Kier molecular flexibility index (Phi) is 49.6. The Labute approximate surface area is 399 Å². The molecule has 0 fully saturated rings. The molecule has 1 unspecified atom stereocenters. The standard InChI is InChI=1S/C58H112O6/c1-6-8-9-10-11-12-28-35-40-45-50-58(61)64-55(51-62-56(59)48-43-38-33-29-24-20-15-13-14-18-22-26-31-36-41-46-53(3)4)52-63-57(60)49-44-39-34-30-25-21-17-16-19-23-27-32-37-42-47-54(5)7-2/h53-55H,6-52H2,1-5H3/t54?,55-/m1/s1. The van der Waals surface area contributed by atoms with Crippen molar-refractivity contribution in [1.82, 2.24) is 0 Å². The van der Waals surface area contributed by atoms with Crippen LogP contribution in [0.15, 0.2) is 0 Å². The number of hydrogen-bond donors (Lipinski definition) is 0. The predicted octanol–water partition coefficient (Wildman–Crippen LogP) is 18.9. The van der Waals surface area contributed by atoms with Gasteiger partial charge in [-0.1, -0.05) is 285 Å². The Morgan fingerprint density at radius 2 is 0.594 bits per heavy atom. The van der Waals surface area contributed by atoms with Gasteiger partial charge in [0.15, 0.2) is 6.10 Å². The summed E-state index contributed by atoms with van der Waals surface area (Å²) < 4.78 is 16.9. The van der Waals surface area contributed by atoms with E-state index in [-0.39, 0.29) is 31.1 Å². The zero-order valence-electron chi connectivity index (χ0n) is 43.9. The van der Waals surface area contributed by atoms with Gasteiger partial charge in [0.05, 0.1) is 0 Å². The first kappa shape index (κ1) is 62.4. The van der Waals surface area contributed by atoms with Gasteiger partial charge >= 0.3 is 17.9 Å². The normalized spacial score (nSPS) is 12.5. The van der Waals surface area contributed by atoms with Crippen LogP contribution in [0.1, 0.15) is 324 Å². The highest BCUT2D eigenvalue weighted by atomic mass is 16.6. The molecule has 380 valence electrons. The van der Waals surface area contributed by atoms with Crippen molar-refractivity contribution < 1.29 is 28.6 Å². The smallest absolute Gasteiger partial charge is 0.306 e. The highest BCUT2D eigenvalue weighted by Gasteiger charge is 2.19. The van der Waals surface area contributed by atoms with E-state index in [1.54, 1.807) is 0 Å². The van der Waals surface area contributed by atoms with E-state index in [1.165, 1.54) is 212 Å². The van der Waals surface area contributed by atoms with E-state index in [9.17, 15) is 14.4 Å². The molecule has 64 heavy (non-hydrogen) atoms. The molecular formula is C58H112O6. The fraction of sp³-hybridized carbons (Fsp3) is 0.948. The molecule has 0 aromatic carbocycles. The van der Waals surface area contributed by atoms with Crippen molar-refractivity contribution in [3.05, 3.63) is 0 Å². The number of ether oxygens (including phenoxy) is 3. The lowest BCUT2D eigenvalue weighted by atomic mass is 9.99. The van der Waals surface area contributed by atoms with Gasteiger partial charge in [-0.05, 0) is 31.1 Å². The van der Waals surface area contributed by atoms with Crippen LogP contribution in [0.2, 0.25) is 0 Å². The Hall–Kier alpha value is -1.59. The first-order chi connectivity index (χ1) is 31.3. The van der Waals surface area contributed by atoms with Crippen LogP contribution in [0, 0.1) is 11.8 Å². The second-order valence-corrected chi connectivity index (χ2v) is 20.6. The predicted molar refractivity (Wildman–Crippen MR) is 275 cm³/mol. The van der Waals surface area contributed by atoms with E-state index in [2.05, 4.69) is 34.6 Å². The van der Waals surface area contributed by atoms with Crippen molar-refractivity contribution in [3.8, 4) is 0 Å². The van der Waals surface area contributed by atoms with Crippen LogP contribution in [0.5, 0.6) is 0 Å². The maximum atomic E-state index is 12.8. The van der Waals surface area contributed by atoms with E-state index < -0.39 is 6.10 Å². The SMILES string of the molecule is CCCCCCCCCCCCC(=O)O[C@H](COC(=O)CCCCCCCCCCCCCCCCCC(C)C)COC(=O)CCCCCCCCCCCCCCCCC(C)CC. The summed E-state index contributed by atoms with van der Waals surface area (Å²) in [7, 11) is 0. The fourth-order valence-corrected chi connectivity index (χ4v) is 8.84.